The number of benzene rings is 1. The third-order valence-corrected chi connectivity index (χ3v) is 9.30. The highest BCUT2D eigenvalue weighted by atomic mass is 19.4. The fourth-order valence-corrected chi connectivity index (χ4v) is 7.22. The van der Waals surface area contributed by atoms with Crippen LogP contribution in [0.15, 0.2) is 24.3 Å². The van der Waals surface area contributed by atoms with Crippen LogP contribution in [0.25, 0.3) is 0 Å². The fourth-order valence-electron chi connectivity index (χ4n) is 7.22. The Morgan fingerprint density at radius 3 is 2.44 bits per heavy atom. The van der Waals surface area contributed by atoms with Gasteiger partial charge < -0.3 is 19.3 Å². The molecule has 4 fully saturated rings. The van der Waals surface area contributed by atoms with E-state index in [1.807, 2.05) is 20.8 Å². The first-order valence-corrected chi connectivity index (χ1v) is 15.0. The van der Waals surface area contributed by atoms with Gasteiger partial charge in [0.15, 0.2) is 0 Å². The zero-order valence-electron chi connectivity index (χ0n) is 24.9. The predicted octanol–water partition coefficient (Wildman–Crippen LogP) is 5.92. The van der Waals surface area contributed by atoms with Gasteiger partial charge in [-0.1, -0.05) is 26.0 Å². The molecule has 3 aliphatic heterocycles. The lowest BCUT2D eigenvalue weighted by Gasteiger charge is -2.54. The minimum atomic E-state index is -4.37. The molecule has 3 saturated heterocycles. The summed E-state index contributed by atoms with van der Waals surface area (Å²) < 4.78 is 51.6. The highest BCUT2D eigenvalue weighted by molar-refractivity contribution is 5.78. The van der Waals surface area contributed by atoms with Gasteiger partial charge in [-0.2, -0.15) is 13.2 Å². The van der Waals surface area contributed by atoms with Gasteiger partial charge in [0.1, 0.15) is 11.3 Å². The van der Waals surface area contributed by atoms with E-state index >= 15 is 0 Å². The number of halogens is 3. The number of hydrogen-bond donors (Lipinski definition) is 0. The summed E-state index contributed by atoms with van der Waals surface area (Å²) in [5, 5.41) is 0. The minimum absolute atomic E-state index is 0.0962. The van der Waals surface area contributed by atoms with Gasteiger partial charge in [0.25, 0.3) is 0 Å². The molecular weight excluding hydrogens is 535 g/mol. The third kappa shape index (κ3) is 6.24. The Kier molecular flexibility index (Phi) is 8.13. The number of amides is 2. The largest absolute Gasteiger partial charge is 0.444 e. The van der Waals surface area contributed by atoms with E-state index in [2.05, 4.69) is 23.6 Å². The molecule has 10 heteroatoms. The topological polar surface area (TPSA) is 62.3 Å². The molecule has 0 radical (unpaired) electrons. The minimum Gasteiger partial charge on any atom is -0.444 e. The zero-order valence-corrected chi connectivity index (χ0v) is 24.9. The molecule has 5 rings (SSSR count). The van der Waals surface area contributed by atoms with Crippen molar-refractivity contribution in [3.8, 4) is 0 Å². The molecule has 4 atom stereocenters. The van der Waals surface area contributed by atoms with Crippen LogP contribution in [0.2, 0.25) is 0 Å². The smallest absolute Gasteiger partial charge is 0.416 e. The van der Waals surface area contributed by atoms with E-state index in [-0.39, 0.29) is 35.9 Å². The molecule has 1 spiro atoms. The van der Waals surface area contributed by atoms with E-state index in [0.29, 0.717) is 38.6 Å². The second-order valence-electron chi connectivity index (χ2n) is 13.8. The van der Waals surface area contributed by atoms with E-state index in [0.717, 1.165) is 49.9 Å². The van der Waals surface area contributed by atoms with Crippen LogP contribution in [0, 0.1) is 17.8 Å². The summed E-state index contributed by atoms with van der Waals surface area (Å²) in [4.78, 5) is 31.7. The van der Waals surface area contributed by atoms with E-state index < -0.39 is 23.1 Å². The van der Waals surface area contributed by atoms with Gasteiger partial charge in [0.05, 0.1) is 18.2 Å². The summed E-state index contributed by atoms with van der Waals surface area (Å²) >= 11 is 0. The van der Waals surface area contributed by atoms with Crippen molar-refractivity contribution in [3.05, 3.63) is 35.4 Å². The number of alkyl halides is 3. The lowest BCUT2D eigenvalue weighted by Crippen LogP contribution is -2.63. The first-order chi connectivity index (χ1) is 19.2. The van der Waals surface area contributed by atoms with Crippen LogP contribution in [-0.4, -0.2) is 76.4 Å². The molecule has 0 bridgehead atoms. The van der Waals surface area contributed by atoms with Crippen molar-refractivity contribution in [3.63, 3.8) is 0 Å². The van der Waals surface area contributed by atoms with Crippen molar-refractivity contribution in [2.24, 2.45) is 17.8 Å². The van der Waals surface area contributed by atoms with Gasteiger partial charge in [0.2, 0.25) is 5.91 Å². The molecule has 1 aromatic carbocycles. The lowest BCUT2D eigenvalue weighted by atomic mass is 9.72. The highest BCUT2D eigenvalue weighted by Crippen LogP contribution is 2.51. The average Bonchev–Trinajstić information content (AvgIpc) is 3.24. The van der Waals surface area contributed by atoms with Crippen LogP contribution in [0.1, 0.15) is 77.8 Å². The van der Waals surface area contributed by atoms with Gasteiger partial charge in [-0.15, -0.1) is 0 Å². The number of ether oxygens (including phenoxy) is 2. The van der Waals surface area contributed by atoms with Crippen LogP contribution in [0.4, 0.5) is 18.0 Å². The first kappa shape index (κ1) is 30.1. The highest BCUT2D eigenvalue weighted by Gasteiger charge is 2.59. The molecule has 4 aliphatic rings. The number of piperidine rings is 1. The van der Waals surface area contributed by atoms with Crippen molar-refractivity contribution in [1.29, 1.82) is 0 Å². The lowest BCUT2D eigenvalue weighted by molar-refractivity contribution is -0.192. The fraction of sp³-hybridized carbons (Fsp3) is 0.742. The summed E-state index contributed by atoms with van der Waals surface area (Å²) in [7, 11) is 0. The standard InChI is InChI=1S/C31H44F3N3O4/c1-20(2)26-19-40-30-13-12-25(14-24(30)10-11-27(38)37(26)30)35(15-21-6-8-23(9-7-21)31(32,33)34)16-22-17-36(18-22)28(39)41-29(3,4)5/h6-9,20,22,24-26H,10-19H2,1-5H3/t24-,25+,26-,30-/m1/s1. The second-order valence-corrected chi connectivity index (χ2v) is 13.8. The van der Waals surface area contributed by atoms with Crippen molar-refractivity contribution in [2.75, 3.05) is 26.2 Å². The van der Waals surface area contributed by atoms with Crippen molar-refractivity contribution < 1.29 is 32.2 Å². The number of nitrogens with zero attached hydrogens (tertiary/aromatic N) is 3. The molecule has 1 saturated carbocycles. The van der Waals surface area contributed by atoms with Crippen LogP contribution >= 0.6 is 0 Å². The Bertz CT molecular complexity index is 1110. The number of likely N-dealkylation sites (tertiary alicyclic amines) is 1. The molecule has 1 aliphatic carbocycles. The number of carbonyl (C=O) groups is 2. The van der Waals surface area contributed by atoms with Gasteiger partial charge in [0, 0.05) is 50.5 Å². The van der Waals surface area contributed by atoms with Gasteiger partial charge in [-0.3, -0.25) is 9.69 Å². The molecule has 0 unspecified atom stereocenters. The molecule has 3 heterocycles. The van der Waals surface area contributed by atoms with E-state index in [9.17, 15) is 22.8 Å². The maximum absolute atomic E-state index is 13.2. The molecule has 0 N–H and O–H groups in total. The normalized spacial score (nSPS) is 29.0. The number of rotatable bonds is 6. The van der Waals surface area contributed by atoms with Crippen LogP contribution in [0.5, 0.6) is 0 Å². The first-order valence-electron chi connectivity index (χ1n) is 15.0. The molecule has 1 aromatic rings. The average molecular weight is 580 g/mol. The molecule has 2 amide bonds. The molecular formula is C31H44F3N3O4. The Balaban J connectivity index is 1.31. The van der Waals surface area contributed by atoms with Crippen molar-refractivity contribution >= 4 is 12.0 Å². The van der Waals surface area contributed by atoms with Gasteiger partial charge in [-0.05, 0) is 70.1 Å². The van der Waals surface area contributed by atoms with E-state index in [4.69, 9.17) is 9.47 Å². The Morgan fingerprint density at radius 1 is 1.15 bits per heavy atom. The summed E-state index contributed by atoms with van der Waals surface area (Å²) in [5.74, 6) is 0.981. The summed E-state index contributed by atoms with van der Waals surface area (Å²) in [6, 6.07) is 5.75. The van der Waals surface area contributed by atoms with Crippen molar-refractivity contribution in [2.45, 2.75) is 103 Å². The van der Waals surface area contributed by atoms with Crippen LogP contribution < -0.4 is 0 Å². The van der Waals surface area contributed by atoms with Gasteiger partial charge >= 0.3 is 12.3 Å². The second kappa shape index (κ2) is 11.1. The summed E-state index contributed by atoms with van der Waals surface area (Å²) in [6.45, 7) is 12.9. The number of hydrogen-bond acceptors (Lipinski definition) is 5. The SMILES string of the molecule is CC(C)[C@H]1CO[C@]23CC[C@H](N(Cc4ccc(C(F)(F)F)cc4)CC4CN(C(=O)OC(C)(C)C)C4)C[C@H]2CCC(=O)N13. The molecule has 228 valence electrons. The van der Waals surface area contributed by atoms with E-state index in [1.54, 1.807) is 17.0 Å². The quantitative estimate of drug-likeness (QED) is 0.419. The molecule has 0 aromatic heterocycles. The molecule has 7 nitrogen and oxygen atoms in total. The number of carbonyl (C=O) groups excluding carboxylic acids is 2. The Hall–Kier alpha value is -2.33. The maximum atomic E-state index is 13.2. The maximum Gasteiger partial charge on any atom is 0.416 e. The zero-order chi connectivity index (χ0) is 29.7. The predicted molar refractivity (Wildman–Crippen MR) is 148 cm³/mol. The summed E-state index contributed by atoms with van der Waals surface area (Å²) in [5.41, 5.74) is -0.908. The van der Waals surface area contributed by atoms with Crippen LogP contribution in [-0.2, 0) is 27.0 Å². The van der Waals surface area contributed by atoms with E-state index in [1.165, 1.54) is 0 Å². The monoisotopic (exact) mass is 579 g/mol. The Morgan fingerprint density at radius 2 is 1.83 bits per heavy atom. The Labute approximate surface area is 241 Å². The summed E-state index contributed by atoms with van der Waals surface area (Å²) in [6.07, 6.45) is -0.889. The molecule has 41 heavy (non-hydrogen) atoms. The van der Waals surface area contributed by atoms with Crippen molar-refractivity contribution in [1.82, 2.24) is 14.7 Å². The van der Waals surface area contributed by atoms with Gasteiger partial charge in [-0.25, -0.2) is 4.79 Å². The van der Waals surface area contributed by atoms with Crippen LogP contribution in [0.3, 0.4) is 0 Å². The third-order valence-electron chi connectivity index (χ3n) is 9.30.